The number of hydrogen-bond donors (Lipinski definition) is 2. The van der Waals surface area contributed by atoms with Crippen LogP contribution >= 0.6 is 11.6 Å². The number of ether oxygens (including phenoxy) is 1. The van der Waals surface area contributed by atoms with Gasteiger partial charge in [0.05, 0.1) is 12.3 Å². The summed E-state index contributed by atoms with van der Waals surface area (Å²) in [5.74, 6) is 1.24. The average molecular weight is 271 g/mol. The summed E-state index contributed by atoms with van der Waals surface area (Å²) >= 11 is 6.03. The maximum Gasteiger partial charge on any atom is 0.224 e. The van der Waals surface area contributed by atoms with Gasteiger partial charge in [0.1, 0.15) is 10.8 Å². The van der Waals surface area contributed by atoms with Crippen molar-refractivity contribution in [2.45, 2.75) is 31.8 Å². The van der Waals surface area contributed by atoms with E-state index in [1.807, 2.05) is 0 Å². The fourth-order valence-electron chi connectivity index (χ4n) is 2.00. The van der Waals surface area contributed by atoms with Crippen molar-refractivity contribution in [3.63, 3.8) is 0 Å². The molecule has 1 atom stereocenters. The minimum absolute atomic E-state index is 0.371. The van der Waals surface area contributed by atoms with Crippen LogP contribution in [0, 0.1) is 0 Å². The quantitative estimate of drug-likeness (QED) is 0.861. The first kappa shape index (κ1) is 13.4. The number of nitrogens with zero attached hydrogens (tertiary/aromatic N) is 2. The summed E-state index contributed by atoms with van der Waals surface area (Å²) in [5.41, 5.74) is 0. The fraction of sp³-hybridized carbons (Fsp3) is 0.667. The van der Waals surface area contributed by atoms with Gasteiger partial charge in [0.2, 0.25) is 5.95 Å². The van der Waals surface area contributed by atoms with E-state index < -0.39 is 0 Å². The van der Waals surface area contributed by atoms with E-state index in [-0.39, 0.29) is 0 Å². The first-order chi connectivity index (χ1) is 8.79. The van der Waals surface area contributed by atoms with Crippen molar-refractivity contribution in [1.82, 2.24) is 9.97 Å². The van der Waals surface area contributed by atoms with Crippen molar-refractivity contribution in [2.75, 3.05) is 30.8 Å². The summed E-state index contributed by atoms with van der Waals surface area (Å²) in [5, 5.41) is 6.66. The molecule has 1 fully saturated rings. The number of rotatable bonds is 5. The summed E-state index contributed by atoms with van der Waals surface area (Å²) in [7, 11) is 1.78. The molecule has 0 aromatic carbocycles. The smallest absolute Gasteiger partial charge is 0.224 e. The lowest BCUT2D eigenvalue weighted by Crippen LogP contribution is -2.22. The standard InChI is InChI=1S/C12H19ClN4O/c1-14-12-16-8-10(13)11(17-12)15-6-5-9-4-2-3-7-18-9/h8-9H,2-7H2,1H3,(H2,14,15,16,17). The van der Waals surface area contributed by atoms with E-state index in [1.54, 1.807) is 13.2 Å². The van der Waals surface area contributed by atoms with Crippen molar-refractivity contribution >= 4 is 23.4 Å². The second-order valence-electron chi connectivity index (χ2n) is 4.34. The molecule has 0 amide bonds. The Hall–Kier alpha value is -1.07. The van der Waals surface area contributed by atoms with Crippen LogP contribution < -0.4 is 10.6 Å². The topological polar surface area (TPSA) is 59.1 Å². The Morgan fingerprint density at radius 1 is 1.50 bits per heavy atom. The Morgan fingerprint density at radius 3 is 3.11 bits per heavy atom. The van der Waals surface area contributed by atoms with Crippen molar-refractivity contribution in [2.24, 2.45) is 0 Å². The van der Waals surface area contributed by atoms with Crippen LogP contribution in [-0.4, -0.2) is 36.3 Å². The molecule has 0 saturated carbocycles. The second kappa shape index (κ2) is 6.75. The van der Waals surface area contributed by atoms with Gasteiger partial charge >= 0.3 is 0 Å². The van der Waals surface area contributed by atoms with E-state index in [0.29, 0.717) is 22.9 Å². The minimum atomic E-state index is 0.371. The molecule has 100 valence electrons. The summed E-state index contributed by atoms with van der Waals surface area (Å²) < 4.78 is 5.67. The molecule has 0 aliphatic carbocycles. The highest BCUT2D eigenvalue weighted by Gasteiger charge is 2.13. The average Bonchev–Trinajstić information content (AvgIpc) is 2.42. The number of aromatic nitrogens is 2. The molecule has 1 aliphatic rings. The summed E-state index contributed by atoms with van der Waals surface area (Å²) in [4.78, 5) is 8.30. The van der Waals surface area contributed by atoms with Gasteiger partial charge in [-0.15, -0.1) is 0 Å². The van der Waals surface area contributed by atoms with Gasteiger partial charge in [-0.25, -0.2) is 4.98 Å². The number of hydrogen-bond acceptors (Lipinski definition) is 5. The van der Waals surface area contributed by atoms with Crippen LogP contribution in [-0.2, 0) is 4.74 Å². The first-order valence-corrected chi connectivity index (χ1v) is 6.73. The SMILES string of the molecule is CNc1ncc(Cl)c(NCCC2CCCCO2)n1. The van der Waals surface area contributed by atoms with Gasteiger partial charge in [-0.05, 0) is 25.7 Å². The molecule has 1 aromatic heterocycles. The molecule has 1 aliphatic heterocycles. The third-order valence-electron chi connectivity index (χ3n) is 3.00. The molecular weight excluding hydrogens is 252 g/mol. The molecule has 5 nitrogen and oxygen atoms in total. The van der Waals surface area contributed by atoms with E-state index in [4.69, 9.17) is 16.3 Å². The number of nitrogens with one attached hydrogen (secondary N) is 2. The zero-order chi connectivity index (χ0) is 12.8. The molecule has 2 rings (SSSR count). The third-order valence-corrected chi connectivity index (χ3v) is 3.28. The Morgan fingerprint density at radius 2 is 2.39 bits per heavy atom. The fourth-order valence-corrected chi connectivity index (χ4v) is 2.16. The van der Waals surface area contributed by atoms with Gasteiger partial charge in [-0.2, -0.15) is 4.98 Å². The molecule has 18 heavy (non-hydrogen) atoms. The van der Waals surface area contributed by atoms with Crippen LogP contribution in [0.25, 0.3) is 0 Å². The molecule has 0 spiro atoms. The van der Waals surface area contributed by atoms with Gasteiger partial charge in [-0.3, -0.25) is 0 Å². The lowest BCUT2D eigenvalue weighted by atomic mass is 10.1. The van der Waals surface area contributed by atoms with Crippen LogP contribution in [0.2, 0.25) is 5.02 Å². The maximum absolute atomic E-state index is 6.03. The maximum atomic E-state index is 6.03. The molecule has 1 aromatic rings. The van der Waals surface area contributed by atoms with E-state index >= 15 is 0 Å². The van der Waals surface area contributed by atoms with Crippen LogP contribution in [0.5, 0.6) is 0 Å². The van der Waals surface area contributed by atoms with Crippen molar-refractivity contribution in [3.8, 4) is 0 Å². The summed E-state index contributed by atoms with van der Waals surface area (Å²) in [6.45, 7) is 1.70. The van der Waals surface area contributed by atoms with E-state index in [0.717, 1.165) is 26.0 Å². The van der Waals surface area contributed by atoms with E-state index in [1.165, 1.54) is 12.8 Å². The normalized spacial score (nSPS) is 19.6. The molecule has 0 radical (unpaired) electrons. The van der Waals surface area contributed by atoms with Gasteiger partial charge in [0.25, 0.3) is 0 Å². The van der Waals surface area contributed by atoms with Gasteiger partial charge in [-0.1, -0.05) is 11.6 Å². The highest BCUT2D eigenvalue weighted by molar-refractivity contribution is 6.32. The Balaban J connectivity index is 1.81. The van der Waals surface area contributed by atoms with Crippen molar-refractivity contribution < 1.29 is 4.74 Å². The van der Waals surface area contributed by atoms with Crippen LogP contribution in [0.15, 0.2) is 6.20 Å². The van der Waals surface area contributed by atoms with E-state index in [2.05, 4.69) is 20.6 Å². The number of halogens is 1. The van der Waals surface area contributed by atoms with E-state index in [9.17, 15) is 0 Å². The predicted molar refractivity (Wildman–Crippen MR) is 73.3 cm³/mol. The predicted octanol–water partition coefficient (Wildman–Crippen LogP) is 2.54. The van der Waals surface area contributed by atoms with Gasteiger partial charge in [0.15, 0.2) is 0 Å². The van der Waals surface area contributed by atoms with Gasteiger partial charge in [0, 0.05) is 20.2 Å². The Bertz CT molecular complexity index is 382. The van der Waals surface area contributed by atoms with Crippen molar-refractivity contribution in [3.05, 3.63) is 11.2 Å². The van der Waals surface area contributed by atoms with Crippen molar-refractivity contribution in [1.29, 1.82) is 0 Å². The lowest BCUT2D eigenvalue weighted by Gasteiger charge is -2.22. The molecular formula is C12H19ClN4O. The first-order valence-electron chi connectivity index (χ1n) is 6.35. The third kappa shape index (κ3) is 3.71. The summed E-state index contributed by atoms with van der Waals surface area (Å²) in [6, 6.07) is 0. The zero-order valence-electron chi connectivity index (χ0n) is 10.6. The van der Waals surface area contributed by atoms with Crippen LogP contribution in [0.3, 0.4) is 0 Å². The molecule has 0 bridgehead atoms. The molecule has 2 heterocycles. The monoisotopic (exact) mass is 270 g/mol. The largest absolute Gasteiger partial charge is 0.378 e. The Labute approximate surface area is 112 Å². The highest BCUT2D eigenvalue weighted by Crippen LogP contribution is 2.20. The zero-order valence-corrected chi connectivity index (χ0v) is 11.3. The highest BCUT2D eigenvalue weighted by atomic mass is 35.5. The van der Waals surface area contributed by atoms with Crippen LogP contribution in [0.4, 0.5) is 11.8 Å². The molecule has 1 saturated heterocycles. The second-order valence-corrected chi connectivity index (χ2v) is 4.75. The molecule has 6 heteroatoms. The summed E-state index contributed by atoms with van der Waals surface area (Å²) in [6.07, 6.45) is 6.56. The lowest BCUT2D eigenvalue weighted by molar-refractivity contribution is 0.0134. The molecule has 1 unspecified atom stereocenters. The van der Waals surface area contributed by atoms with Gasteiger partial charge < -0.3 is 15.4 Å². The minimum Gasteiger partial charge on any atom is -0.378 e. The number of anilines is 2. The van der Waals surface area contributed by atoms with Crippen LogP contribution in [0.1, 0.15) is 25.7 Å². The Kier molecular flexibility index (Phi) is 5.01. The molecule has 2 N–H and O–H groups in total.